The molecule has 0 unspecified atom stereocenters. The van der Waals surface area contributed by atoms with Crippen LogP contribution in [0.2, 0.25) is 0 Å². The summed E-state index contributed by atoms with van der Waals surface area (Å²) in [5, 5.41) is 3.12. The van der Waals surface area contributed by atoms with Crippen LogP contribution in [-0.4, -0.2) is 16.0 Å². The quantitative estimate of drug-likeness (QED) is 0.660. The molecule has 0 radical (unpaired) electrons. The molecule has 0 fully saturated rings. The zero-order valence-electron chi connectivity index (χ0n) is 6.70. The molecule has 3 N–H and O–H groups in total. The summed E-state index contributed by atoms with van der Waals surface area (Å²) < 4.78 is 0. The average Bonchev–Trinajstić information content (AvgIpc) is 1.93. The average molecular weight is 152 g/mol. The summed E-state index contributed by atoms with van der Waals surface area (Å²) in [5.74, 6) is 0.494. The third-order valence-corrected chi connectivity index (χ3v) is 1.19. The number of hydrogen-bond acceptors (Lipinski definition) is 4. The first-order valence-corrected chi connectivity index (χ1v) is 3.52. The number of nitrogens with zero attached hydrogens (tertiary/aromatic N) is 2. The first-order valence-electron chi connectivity index (χ1n) is 3.52. The van der Waals surface area contributed by atoms with E-state index in [4.69, 9.17) is 5.73 Å². The molecule has 0 aliphatic rings. The van der Waals surface area contributed by atoms with Gasteiger partial charge < -0.3 is 11.1 Å². The van der Waals surface area contributed by atoms with E-state index in [2.05, 4.69) is 15.3 Å². The molecule has 1 aromatic rings. The van der Waals surface area contributed by atoms with Gasteiger partial charge in [-0.05, 0) is 13.8 Å². The molecule has 4 heteroatoms. The lowest BCUT2D eigenvalue weighted by Crippen LogP contribution is -2.12. The largest absolute Gasteiger partial charge is 0.382 e. The van der Waals surface area contributed by atoms with E-state index in [-0.39, 0.29) is 0 Å². The number of hydrogen-bond donors (Lipinski definition) is 2. The molecule has 0 bridgehead atoms. The van der Waals surface area contributed by atoms with E-state index >= 15 is 0 Å². The van der Waals surface area contributed by atoms with Crippen LogP contribution in [0.5, 0.6) is 0 Å². The van der Waals surface area contributed by atoms with E-state index < -0.39 is 0 Å². The van der Waals surface area contributed by atoms with Crippen molar-refractivity contribution in [2.75, 3.05) is 11.1 Å². The van der Waals surface area contributed by atoms with E-state index in [9.17, 15) is 0 Å². The Labute approximate surface area is 65.9 Å². The van der Waals surface area contributed by atoms with Crippen LogP contribution >= 0.6 is 0 Å². The van der Waals surface area contributed by atoms with E-state index in [0.29, 0.717) is 11.9 Å². The van der Waals surface area contributed by atoms with Crippen molar-refractivity contribution in [3.63, 3.8) is 0 Å². The molecule has 0 aliphatic heterocycles. The highest BCUT2D eigenvalue weighted by Crippen LogP contribution is 2.12. The fourth-order valence-corrected chi connectivity index (χ4v) is 0.761. The maximum absolute atomic E-state index is 5.56. The minimum Gasteiger partial charge on any atom is -0.382 e. The van der Waals surface area contributed by atoms with Gasteiger partial charge in [-0.25, -0.2) is 9.97 Å². The lowest BCUT2D eigenvalue weighted by atomic mass is 10.3. The molecule has 0 saturated heterocycles. The second kappa shape index (κ2) is 3.18. The number of nitrogens with one attached hydrogen (secondary N) is 1. The Hall–Kier alpha value is -1.32. The zero-order chi connectivity index (χ0) is 8.27. The van der Waals surface area contributed by atoms with E-state index in [0.717, 1.165) is 5.69 Å². The van der Waals surface area contributed by atoms with Crippen molar-refractivity contribution in [2.45, 2.75) is 19.9 Å². The van der Waals surface area contributed by atoms with Crippen LogP contribution < -0.4 is 11.1 Å². The van der Waals surface area contributed by atoms with Crippen molar-refractivity contribution >= 4 is 11.5 Å². The highest BCUT2D eigenvalue weighted by Gasteiger charge is 1.99. The molecule has 0 amide bonds. The SMILES string of the molecule is CC(C)Nc1cncnc1N. The van der Waals surface area contributed by atoms with Gasteiger partial charge in [-0.2, -0.15) is 0 Å². The molecule has 1 rings (SSSR count). The fourth-order valence-electron chi connectivity index (χ4n) is 0.761. The number of aromatic nitrogens is 2. The van der Waals surface area contributed by atoms with Gasteiger partial charge in [0.2, 0.25) is 0 Å². The van der Waals surface area contributed by atoms with Crippen molar-refractivity contribution in [3.8, 4) is 0 Å². The minimum absolute atomic E-state index is 0.350. The van der Waals surface area contributed by atoms with Crippen molar-refractivity contribution in [3.05, 3.63) is 12.5 Å². The minimum atomic E-state index is 0.350. The molecule has 0 spiro atoms. The Kier molecular flexibility index (Phi) is 2.25. The summed E-state index contributed by atoms with van der Waals surface area (Å²) in [7, 11) is 0. The van der Waals surface area contributed by atoms with Crippen LogP contribution in [0.4, 0.5) is 11.5 Å². The van der Waals surface area contributed by atoms with E-state index in [1.807, 2.05) is 13.8 Å². The Morgan fingerprint density at radius 1 is 1.55 bits per heavy atom. The summed E-state index contributed by atoms with van der Waals surface area (Å²) in [4.78, 5) is 7.68. The Morgan fingerprint density at radius 3 is 2.82 bits per heavy atom. The fraction of sp³-hybridized carbons (Fsp3) is 0.429. The van der Waals surface area contributed by atoms with Crippen LogP contribution in [-0.2, 0) is 0 Å². The predicted molar refractivity (Wildman–Crippen MR) is 45.2 cm³/mol. The van der Waals surface area contributed by atoms with Crippen molar-refractivity contribution < 1.29 is 0 Å². The smallest absolute Gasteiger partial charge is 0.150 e. The molecular formula is C7H12N4. The number of anilines is 2. The van der Waals surface area contributed by atoms with Crippen LogP contribution in [0.3, 0.4) is 0 Å². The Balaban J connectivity index is 2.78. The summed E-state index contributed by atoms with van der Waals surface area (Å²) in [6.45, 7) is 4.07. The first kappa shape index (κ1) is 7.78. The standard InChI is InChI=1S/C7H12N4/c1-5(2)11-6-3-9-4-10-7(6)8/h3-5,11H,1-2H3,(H2,8,9,10). The normalized spacial score (nSPS) is 10.1. The van der Waals surface area contributed by atoms with Crippen LogP contribution in [0.25, 0.3) is 0 Å². The second-order valence-electron chi connectivity index (χ2n) is 2.62. The Bertz CT molecular complexity index is 234. The monoisotopic (exact) mass is 152 g/mol. The lowest BCUT2D eigenvalue weighted by molar-refractivity contribution is 0.895. The third kappa shape index (κ3) is 2.07. The molecule has 1 heterocycles. The van der Waals surface area contributed by atoms with Gasteiger partial charge in [-0.3, -0.25) is 0 Å². The van der Waals surface area contributed by atoms with Gasteiger partial charge in [-0.15, -0.1) is 0 Å². The van der Waals surface area contributed by atoms with Gasteiger partial charge in [0.15, 0.2) is 0 Å². The predicted octanol–water partition coefficient (Wildman–Crippen LogP) is 0.879. The van der Waals surface area contributed by atoms with E-state index in [1.165, 1.54) is 6.33 Å². The molecule has 0 atom stereocenters. The molecule has 1 aromatic heterocycles. The number of nitrogen functional groups attached to an aromatic ring is 1. The molecule has 0 aromatic carbocycles. The summed E-state index contributed by atoms with van der Waals surface area (Å²) in [6, 6.07) is 0.350. The molecule has 0 saturated carbocycles. The maximum atomic E-state index is 5.56. The summed E-state index contributed by atoms with van der Waals surface area (Å²) >= 11 is 0. The number of rotatable bonds is 2. The van der Waals surface area contributed by atoms with Gasteiger partial charge in [-0.1, -0.05) is 0 Å². The second-order valence-corrected chi connectivity index (χ2v) is 2.62. The van der Waals surface area contributed by atoms with Crippen LogP contribution in [0.1, 0.15) is 13.8 Å². The molecule has 4 nitrogen and oxygen atoms in total. The molecule has 11 heavy (non-hydrogen) atoms. The lowest BCUT2D eigenvalue weighted by Gasteiger charge is -2.09. The highest BCUT2D eigenvalue weighted by atomic mass is 15.0. The first-order chi connectivity index (χ1) is 5.20. The molecular weight excluding hydrogens is 140 g/mol. The van der Waals surface area contributed by atoms with Crippen molar-refractivity contribution in [2.24, 2.45) is 0 Å². The van der Waals surface area contributed by atoms with Gasteiger partial charge >= 0.3 is 0 Å². The third-order valence-electron chi connectivity index (χ3n) is 1.19. The van der Waals surface area contributed by atoms with Gasteiger partial charge in [0, 0.05) is 6.04 Å². The maximum Gasteiger partial charge on any atom is 0.150 e. The van der Waals surface area contributed by atoms with Crippen LogP contribution in [0, 0.1) is 0 Å². The molecule has 0 aliphatic carbocycles. The van der Waals surface area contributed by atoms with Crippen molar-refractivity contribution in [1.29, 1.82) is 0 Å². The van der Waals surface area contributed by atoms with E-state index in [1.54, 1.807) is 6.20 Å². The van der Waals surface area contributed by atoms with Gasteiger partial charge in [0.05, 0.1) is 11.9 Å². The topological polar surface area (TPSA) is 63.8 Å². The van der Waals surface area contributed by atoms with Crippen molar-refractivity contribution in [1.82, 2.24) is 9.97 Å². The van der Waals surface area contributed by atoms with Gasteiger partial charge in [0.1, 0.15) is 12.1 Å². The zero-order valence-corrected chi connectivity index (χ0v) is 6.70. The summed E-state index contributed by atoms with van der Waals surface area (Å²) in [6.07, 6.45) is 3.10. The molecule has 60 valence electrons. The van der Waals surface area contributed by atoms with Gasteiger partial charge in [0.25, 0.3) is 0 Å². The van der Waals surface area contributed by atoms with Crippen LogP contribution in [0.15, 0.2) is 12.5 Å². The highest BCUT2D eigenvalue weighted by molar-refractivity contribution is 5.59. The Morgan fingerprint density at radius 2 is 2.27 bits per heavy atom. The summed E-state index contributed by atoms with van der Waals surface area (Å²) in [5.41, 5.74) is 6.35. The number of nitrogens with two attached hydrogens (primary N) is 1.